The van der Waals surface area contributed by atoms with E-state index in [1.54, 1.807) is 20.8 Å². The van der Waals surface area contributed by atoms with Crippen LogP contribution in [-0.2, 0) is 42.9 Å². The van der Waals surface area contributed by atoms with Crippen molar-refractivity contribution in [3.05, 3.63) is 0 Å². The number of carbonyl (C=O) groups is 4. The molecule has 0 aromatic heterocycles. The van der Waals surface area contributed by atoms with Crippen LogP contribution in [0, 0.1) is 0 Å². The van der Waals surface area contributed by atoms with Crippen molar-refractivity contribution in [3.8, 4) is 0 Å². The van der Waals surface area contributed by atoms with Gasteiger partial charge in [-0.15, -0.1) is 0 Å². The molecule has 32 heavy (non-hydrogen) atoms. The molecule has 1 rings (SSSR count). The average Bonchev–Trinajstić information content (AvgIpc) is 2.72. The molecule has 0 bridgehead atoms. The van der Waals surface area contributed by atoms with E-state index in [-0.39, 0.29) is 32.3 Å². The molecule has 0 aliphatic carbocycles. The highest BCUT2D eigenvalue weighted by atomic mass is 16.7. The standard InChI is InChI=1S/C22H36O10/c1-5-9-15(23)28-13-14-19(30-16(24)10-6-2)20(31-17(25)11-7-3)21(22(27)29-14)32-18(26)12-8-4/h14,19-22,27H,5-13H2,1-4H3/t14-,19-,20+,21-,22-/m1/s1. The van der Waals surface area contributed by atoms with Gasteiger partial charge in [0, 0.05) is 25.7 Å². The normalized spacial score (nSPS) is 25.0. The van der Waals surface area contributed by atoms with Crippen molar-refractivity contribution in [2.45, 2.75) is 110 Å². The third kappa shape index (κ3) is 9.12. The number of hydrogen-bond donors (Lipinski definition) is 1. The largest absolute Gasteiger partial charge is 0.463 e. The molecule has 0 unspecified atom stereocenters. The van der Waals surface area contributed by atoms with Gasteiger partial charge in [0.25, 0.3) is 0 Å². The lowest BCUT2D eigenvalue weighted by molar-refractivity contribution is -0.297. The Morgan fingerprint density at radius 3 is 1.53 bits per heavy atom. The van der Waals surface area contributed by atoms with Gasteiger partial charge in [0.15, 0.2) is 24.6 Å². The number of rotatable bonds is 13. The maximum atomic E-state index is 12.3. The summed E-state index contributed by atoms with van der Waals surface area (Å²) in [5, 5.41) is 10.5. The van der Waals surface area contributed by atoms with Crippen LogP contribution in [-0.4, -0.2) is 66.3 Å². The van der Waals surface area contributed by atoms with E-state index in [4.69, 9.17) is 23.7 Å². The summed E-state index contributed by atoms with van der Waals surface area (Å²) < 4.78 is 27.0. The smallest absolute Gasteiger partial charge is 0.306 e. The molecule has 1 heterocycles. The molecule has 184 valence electrons. The number of carbonyl (C=O) groups excluding carboxylic acids is 4. The van der Waals surface area contributed by atoms with Gasteiger partial charge >= 0.3 is 23.9 Å². The number of aliphatic hydroxyl groups excluding tert-OH is 1. The van der Waals surface area contributed by atoms with E-state index in [0.29, 0.717) is 25.7 Å². The first kappa shape index (κ1) is 27.8. The van der Waals surface area contributed by atoms with Gasteiger partial charge in [-0.05, 0) is 25.7 Å². The summed E-state index contributed by atoms with van der Waals surface area (Å²) in [7, 11) is 0. The number of esters is 4. The Hall–Kier alpha value is -2.20. The lowest BCUT2D eigenvalue weighted by atomic mass is 9.98. The Bertz CT molecular complexity index is 620. The SMILES string of the molecule is CCCC(=O)OC[C@H]1O[C@@H](O)[C@H](OC(=O)CCC)[C@@H](OC(=O)CCC)[C@@H]1OC(=O)CCC. The van der Waals surface area contributed by atoms with Gasteiger partial charge < -0.3 is 28.8 Å². The third-order valence-corrected chi connectivity index (χ3v) is 4.64. The minimum Gasteiger partial charge on any atom is -0.463 e. The maximum Gasteiger partial charge on any atom is 0.306 e. The van der Waals surface area contributed by atoms with Gasteiger partial charge in [-0.2, -0.15) is 0 Å². The minimum absolute atomic E-state index is 0.0782. The third-order valence-electron chi connectivity index (χ3n) is 4.64. The van der Waals surface area contributed by atoms with Crippen LogP contribution in [0.3, 0.4) is 0 Å². The Labute approximate surface area is 188 Å². The van der Waals surface area contributed by atoms with Crippen molar-refractivity contribution in [2.24, 2.45) is 0 Å². The molecule has 1 N–H and O–H groups in total. The summed E-state index contributed by atoms with van der Waals surface area (Å²) in [6, 6.07) is 0. The predicted octanol–water partition coefficient (Wildman–Crippen LogP) is 2.18. The highest BCUT2D eigenvalue weighted by Gasteiger charge is 2.52. The van der Waals surface area contributed by atoms with Crippen LogP contribution in [0.2, 0.25) is 0 Å². The highest BCUT2D eigenvalue weighted by Crippen LogP contribution is 2.29. The fourth-order valence-corrected chi connectivity index (χ4v) is 3.13. The Balaban J connectivity index is 3.19. The van der Waals surface area contributed by atoms with Crippen LogP contribution in [0.25, 0.3) is 0 Å². The van der Waals surface area contributed by atoms with Crippen molar-refractivity contribution in [2.75, 3.05) is 6.61 Å². The lowest BCUT2D eigenvalue weighted by Gasteiger charge is -2.42. The summed E-state index contributed by atoms with van der Waals surface area (Å²) >= 11 is 0. The minimum atomic E-state index is -1.67. The zero-order chi connectivity index (χ0) is 24.1. The van der Waals surface area contributed by atoms with E-state index >= 15 is 0 Å². The van der Waals surface area contributed by atoms with E-state index < -0.39 is 54.6 Å². The van der Waals surface area contributed by atoms with Crippen molar-refractivity contribution in [1.29, 1.82) is 0 Å². The van der Waals surface area contributed by atoms with Crippen LogP contribution in [0.15, 0.2) is 0 Å². The second-order valence-electron chi connectivity index (χ2n) is 7.61. The molecule has 1 aliphatic heterocycles. The van der Waals surface area contributed by atoms with E-state index in [2.05, 4.69) is 0 Å². The second-order valence-corrected chi connectivity index (χ2v) is 7.61. The van der Waals surface area contributed by atoms with Crippen LogP contribution in [0.1, 0.15) is 79.1 Å². The molecule has 5 atom stereocenters. The molecule has 10 nitrogen and oxygen atoms in total. The van der Waals surface area contributed by atoms with E-state index in [0.717, 1.165) is 0 Å². The molecule has 0 spiro atoms. The Kier molecular flexibility index (Phi) is 12.9. The number of aliphatic hydroxyl groups is 1. The molecule has 0 amide bonds. The molecule has 0 radical (unpaired) electrons. The molecule has 0 saturated carbocycles. The van der Waals surface area contributed by atoms with Gasteiger partial charge in [0.05, 0.1) is 0 Å². The molecular formula is C22H36O10. The number of ether oxygens (including phenoxy) is 5. The van der Waals surface area contributed by atoms with Gasteiger partial charge in [-0.25, -0.2) is 0 Å². The molecule has 0 aromatic rings. The summed E-state index contributed by atoms with van der Waals surface area (Å²) in [5.74, 6) is -2.30. The van der Waals surface area contributed by atoms with E-state index in [1.807, 2.05) is 6.92 Å². The zero-order valence-corrected chi connectivity index (χ0v) is 19.4. The zero-order valence-electron chi connectivity index (χ0n) is 19.4. The average molecular weight is 461 g/mol. The monoisotopic (exact) mass is 460 g/mol. The van der Waals surface area contributed by atoms with Crippen molar-refractivity contribution in [1.82, 2.24) is 0 Å². The Morgan fingerprint density at radius 2 is 1.06 bits per heavy atom. The van der Waals surface area contributed by atoms with E-state index in [1.165, 1.54) is 0 Å². The highest BCUT2D eigenvalue weighted by molar-refractivity contribution is 5.72. The van der Waals surface area contributed by atoms with Crippen LogP contribution < -0.4 is 0 Å². The summed E-state index contributed by atoms with van der Waals surface area (Å²) in [5.41, 5.74) is 0. The molecule has 1 fully saturated rings. The fraction of sp³-hybridized carbons (Fsp3) is 0.818. The van der Waals surface area contributed by atoms with Gasteiger partial charge in [-0.3, -0.25) is 19.2 Å². The molecule has 0 aromatic carbocycles. The van der Waals surface area contributed by atoms with Crippen molar-refractivity contribution >= 4 is 23.9 Å². The first-order valence-electron chi connectivity index (χ1n) is 11.3. The molecule has 10 heteroatoms. The number of hydrogen-bond acceptors (Lipinski definition) is 10. The van der Waals surface area contributed by atoms with Crippen molar-refractivity contribution < 1.29 is 48.0 Å². The van der Waals surface area contributed by atoms with Crippen LogP contribution in [0.5, 0.6) is 0 Å². The van der Waals surface area contributed by atoms with Gasteiger partial charge in [0.1, 0.15) is 12.7 Å². The maximum absolute atomic E-state index is 12.3. The summed E-state index contributed by atoms with van der Waals surface area (Å²) in [4.78, 5) is 48.5. The van der Waals surface area contributed by atoms with Gasteiger partial charge in [0.2, 0.25) is 0 Å². The lowest BCUT2D eigenvalue weighted by Crippen LogP contribution is -2.62. The molecule has 1 aliphatic rings. The Morgan fingerprint density at radius 1 is 0.656 bits per heavy atom. The van der Waals surface area contributed by atoms with Crippen molar-refractivity contribution in [3.63, 3.8) is 0 Å². The fourth-order valence-electron chi connectivity index (χ4n) is 3.13. The molecule has 1 saturated heterocycles. The first-order chi connectivity index (χ1) is 15.3. The first-order valence-corrected chi connectivity index (χ1v) is 11.3. The topological polar surface area (TPSA) is 135 Å². The van der Waals surface area contributed by atoms with Gasteiger partial charge in [-0.1, -0.05) is 27.7 Å². The van der Waals surface area contributed by atoms with E-state index in [9.17, 15) is 24.3 Å². The van der Waals surface area contributed by atoms with Crippen LogP contribution >= 0.6 is 0 Å². The second kappa shape index (κ2) is 14.8. The summed E-state index contributed by atoms with van der Waals surface area (Å²) in [6.45, 7) is 6.84. The predicted molar refractivity (Wildman–Crippen MR) is 111 cm³/mol. The quantitative estimate of drug-likeness (QED) is 0.322. The molecular weight excluding hydrogens is 424 g/mol. The summed E-state index contributed by atoms with van der Waals surface area (Å²) in [6.07, 6.45) is -4.23. The van der Waals surface area contributed by atoms with Crippen LogP contribution in [0.4, 0.5) is 0 Å².